The van der Waals surface area contributed by atoms with Crippen LogP contribution in [0.25, 0.3) is 0 Å². The van der Waals surface area contributed by atoms with Crippen LogP contribution in [0, 0.1) is 0 Å². The molecule has 1 heterocycles. The van der Waals surface area contributed by atoms with Crippen molar-refractivity contribution in [1.29, 1.82) is 0 Å². The first-order chi connectivity index (χ1) is 4.29. The van der Waals surface area contributed by atoms with Gasteiger partial charge in [-0.05, 0) is 13.5 Å². The first kappa shape index (κ1) is 6.62. The average Bonchev–Trinajstić information content (AvgIpc) is 1.97. The number of hydrogen-bond donors (Lipinski definition) is 1. The summed E-state index contributed by atoms with van der Waals surface area (Å²) in [7, 11) is 2.14. The van der Waals surface area contributed by atoms with Gasteiger partial charge in [0.2, 0.25) is 0 Å². The first-order valence-electron chi connectivity index (χ1n) is 3.39. The van der Waals surface area contributed by atoms with E-state index in [2.05, 4.69) is 23.8 Å². The van der Waals surface area contributed by atoms with E-state index in [9.17, 15) is 0 Å². The van der Waals surface area contributed by atoms with Gasteiger partial charge in [-0.15, -0.1) is 0 Å². The van der Waals surface area contributed by atoms with Crippen LogP contribution in [0.3, 0.4) is 0 Å². The molecule has 1 aliphatic rings. The second-order valence-corrected chi connectivity index (χ2v) is 2.58. The normalized spacial score (nSPS) is 23.0. The van der Waals surface area contributed by atoms with Gasteiger partial charge in [-0.3, -0.25) is 0 Å². The summed E-state index contributed by atoms with van der Waals surface area (Å²) in [4.78, 5) is 2.31. The summed E-state index contributed by atoms with van der Waals surface area (Å²) in [6.07, 6.45) is 1.09. The summed E-state index contributed by atoms with van der Waals surface area (Å²) in [5.41, 5.74) is 1.18. The fourth-order valence-corrected chi connectivity index (χ4v) is 0.950. The molecular weight excluding hydrogens is 112 g/mol. The van der Waals surface area contributed by atoms with Crippen molar-refractivity contribution in [2.75, 3.05) is 26.7 Å². The second-order valence-electron chi connectivity index (χ2n) is 2.58. The standard InChI is InChI=1S/C7H14N2/c1-7-3-5-9(2)6-4-8-7/h8H,1,3-6H2,2H3. The third-order valence-electron chi connectivity index (χ3n) is 1.66. The summed E-state index contributed by atoms with van der Waals surface area (Å²) in [5.74, 6) is 0. The summed E-state index contributed by atoms with van der Waals surface area (Å²) >= 11 is 0. The Kier molecular flexibility index (Phi) is 2.11. The average molecular weight is 126 g/mol. The molecule has 1 rings (SSSR count). The SMILES string of the molecule is C=C1CCN(C)CCN1. The number of hydrogen-bond acceptors (Lipinski definition) is 2. The van der Waals surface area contributed by atoms with Gasteiger partial charge in [-0.1, -0.05) is 6.58 Å². The van der Waals surface area contributed by atoms with Crippen molar-refractivity contribution in [3.8, 4) is 0 Å². The van der Waals surface area contributed by atoms with Gasteiger partial charge in [0.05, 0.1) is 0 Å². The molecule has 1 fully saturated rings. The van der Waals surface area contributed by atoms with Crippen molar-refractivity contribution in [2.45, 2.75) is 6.42 Å². The minimum atomic E-state index is 1.05. The zero-order chi connectivity index (χ0) is 6.69. The number of rotatable bonds is 0. The molecule has 2 heteroatoms. The quantitative estimate of drug-likeness (QED) is 0.506. The van der Waals surface area contributed by atoms with Gasteiger partial charge in [-0.25, -0.2) is 0 Å². The maximum Gasteiger partial charge on any atom is 0.0271 e. The van der Waals surface area contributed by atoms with Gasteiger partial charge >= 0.3 is 0 Å². The monoisotopic (exact) mass is 126 g/mol. The highest BCUT2D eigenvalue weighted by molar-refractivity contribution is 4.93. The Morgan fingerprint density at radius 2 is 2.33 bits per heavy atom. The summed E-state index contributed by atoms with van der Waals surface area (Å²) in [6, 6.07) is 0. The molecule has 52 valence electrons. The molecule has 1 aliphatic heterocycles. The molecule has 0 amide bonds. The molecule has 0 aromatic heterocycles. The van der Waals surface area contributed by atoms with Gasteiger partial charge in [0.1, 0.15) is 0 Å². The number of likely N-dealkylation sites (N-methyl/N-ethyl adjacent to an activating group) is 1. The summed E-state index contributed by atoms with van der Waals surface area (Å²) < 4.78 is 0. The maximum absolute atomic E-state index is 3.87. The minimum Gasteiger partial charge on any atom is -0.387 e. The highest BCUT2D eigenvalue weighted by Gasteiger charge is 2.03. The lowest BCUT2D eigenvalue weighted by Crippen LogP contribution is -2.23. The Balaban J connectivity index is 2.34. The van der Waals surface area contributed by atoms with Crippen LogP contribution in [0.15, 0.2) is 12.3 Å². The van der Waals surface area contributed by atoms with E-state index in [1.54, 1.807) is 0 Å². The zero-order valence-electron chi connectivity index (χ0n) is 5.98. The second kappa shape index (κ2) is 2.87. The number of nitrogens with zero attached hydrogens (tertiary/aromatic N) is 1. The Labute approximate surface area is 56.5 Å². The predicted molar refractivity (Wildman–Crippen MR) is 39.3 cm³/mol. The fourth-order valence-electron chi connectivity index (χ4n) is 0.950. The molecule has 0 unspecified atom stereocenters. The van der Waals surface area contributed by atoms with Crippen LogP contribution in [-0.4, -0.2) is 31.6 Å². The Hall–Kier alpha value is -0.500. The van der Waals surface area contributed by atoms with E-state index in [1.165, 1.54) is 5.70 Å². The third kappa shape index (κ3) is 2.06. The Bertz CT molecular complexity index is 109. The lowest BCUT2D eigenvalue weighted by atomic mass is 10.3. The van der Waals surface area contributed by atoms with Crippen molar-refractivity contribution >= 4 is 0 Å². The van der Waals surface area contributed by atoms with E-state index < -0.39 is 0 Å². The van der Waals surface area contributed by atoms with E-state index >= 15 is 0 Å². The Morgan fingerprint density at radius 1 is 1.56 bits per heavy atom. The topological polar surface area (TPSA) is 15.3 Å². The molecule has 1 N–H and O–H groups in total. The largest absolute Gasteiger partial charge is 0.387 e. The van der Waals surface area contributed by atoms with Crippen LogP contribution >= 0.6 is 0 Å². The van der Waals surface area contributed by atoms with Gasteiger partial charge < -0.3 is 10.2 Å². The fraction of sp³-hybridized carbons (Fsp3) is 0.714. The summed E-state index contributed by atoms with van der Waals surface area (Å²) in [6.45, 7) is 7.20. The Morgan fingerprint density at radius 3 is 3.11 bits per heavy atom. The molecule has 0 spiro atoms. The highest BCUT2D eigenvalue weighted by atomic mass is 15.1. The smallest absolute Gasteiger partial charge is 0.0271 e. The van der Waals surface area contributed by atoms with Crippen molar-refractivity contribution in [3.05, 3.63) is 12.3 Å². The van der Waals surface area contributed by atoms with Crippen molar-refractivity contribution in [3.63, 3.8) is 0 Å². The van der Waals surface area contributed by atoms with Gasteiger partial charge in [0.25, 0.3) is 0 Å². The van der Waals surface area contributed by atoms with Gasteiger partial charge in [0, 0.05) is 25.3 Å². The molecule has 2 nitrogen and oxygen atoms in total. The van der Waals surface area contributed by atoms with Crippen LogP contribution in [0.4, 0.5) is 0 Å². The minimum absolute atomic E-state index is 1.05. The third-order valence-corrected chi connectivity index (χ3v) is 1.66. The lowest BCUT2D eigenvalue weighted by Gasteiger charge is -2.09. The number of nitrogens with one attached hydrogen (secondary N) is 1. The lowest BCUT2D eigenvalue weighted by molar-refractivity contribution is 0.360. The molecule has 0 aliphatic carbocycles. The van der Waals surface area contributed by atoms with Gasteiger partial charge in [-0.2, -0.15) is 0 Å². The molecule has 0 saturated carbocycles. The van der Waals surface area contributed by atoms with Crippen molar-refractivity contribution in [2.24, 2.45) is 0 Å². The van der Waals surface area contributed by atoms with Crippen LogP contribution < -0.4 is 5.32 Å². The van der Waals surface area contributed by atoms with E-state index in [4.69, 9.17) is 0 Å². The van der Waals surface area contributed by atoms with Crippen LogP contribution in [0.5, 0.6) is 0 Å². The van der Waals surface area contributed by atoms with Crippen LogP contribution in [0.1, 0.15) is 6.42 Å². The molecule has 0 aromatic rings. The predicted octanol–water partition coefficient (Wildman–Crippen LogP) is 0.425. The van der Waals surface area contributed by atoms with Crippen LogP contribution in [-0.2, 0) is 0 Å². The maximum atomic E-state index is 3.87. The molecule has 9 heavy (non-hydrogen) atoms. The molecule has 0 aromatic carbocycles. The van der Waals surface area contributed by atoms with E-state index in [0.717, 1.165) is 26.1 Å². The van der Waals surface area contributed by atoms with E-state index in [-0.39, 0.29) is 0 Å². The van der Waals surface area contributed by atoms with E-state index in [0.29, 0.717) is 0 Å². The molecule has 0 bridgehead atoms. The molecule has 1 saturated heterocycles. The van der Waals surface area contributed by atoms with Crippen molar-refractivity contribution < 1.29 is 0 Å². The van der Waals surface area contributed by atoms with Gasteiger partial charge in [0.15, 0.2) is 0 Å². The van der Waals surface area contributed by atoms with Crippen molar-refractivity contribution in [1.82, 2.24) is 10.2 Å². The zero-order valence-corrected chi connectivity index (χ0v) is 5.98. The molecule has 0 atom stereocenters. The highest BCUT2D eigenvalue weighted by Crippen LogP contribution is 1.98. The molecule has 0 radical (unpaired) electrons. The van der Waals surface area contributed by atoms with Crippen LogP contribution in [0.2, 0.25) is 0 Å². The first-order valence-corrected chi connectivity index (χ1v) is 3.39. The van der Waals surface area contributed by atoms with E-state index in [1.807, 2.05) is 0 Å². The summed E-state index contributed by atoms with van der Waals surface area (Å²) in [5, 5.41) is 3.24. The molecular formula is C7H14N2.